The second-order valence-electron chi connectivity index (χ2n) is 4.79. The van der Waals surface area contributed by atoms with Crippen LogP contribution in [0.3, 0.4) is 0 Å². The van der Waals surface area contributed by atoms with Gasteiger partial charge in [-0.2, -0.15) is 0 Å². The van der Waals surface area contributed by atoms with Crippen LogP contribution in [0, 0.1) is 17.0 Å². The summed E-state index contributed by atoms with van der Waals surface area (Å²) in [4.78, 5) is 32.0. The Labute approximate surface area is 150 Å². The lowest BCUT2D eigenvalue weighted by Crippen LogP contribution is -2.27. The van der Waals surface area contributed by atoms with Crippen molar-refractivity contribution in [3.63, 3.8) is 0 Å². The molecule has 1 aliphatic heterocycles. The van der Waals surface area contributed by atoms with Crippen LogP contribution in [-0.2, 0) is 0 Å². The predicted octanol–water partition coefficient (Wildman–Crippen LogP) is 3.34. The van der Waals surface area contributed by atoms with Gasteiger partial charge in [0.25, 0.3) is 11.6 Å². The molecule has 0 fully saturated rings. The Morgan fingerprint density at radius 3 is 2.92 bits per heavy atom. The Morgan fingerprint density at radius 2 is 2.29 bits per heavy atom. The third-order valence-corrected chi connectivity index (χ3v) is 6.03. The van der Waals surface area contributed by atoms with E-state index in [1.165, 1.54) is 40.9 Å². The number of thioether (sulfide) groups is 1. The van der Waals surface area contributed by atoms with Gasteiger partial charge in [-0.15, -0.1) is 11.3 Å². The van der Waals surface area contributed by atoms with Crippen molar-refractivity contribution in [1.82, 2.24) is 10.3 Å². The molecule has 2 heterocycles. The van der Waals surface area contributed by atoms with Crippen molar-refractivity contribution in [1.29, 1.82) is 0 Å². The molecule has 1 aromatic heterocycles. The van der Waals surface area contributed by atoms with E-state index in [0.29, 0.717) is 16.6 Å². The first kappa shape index (κ1) is 16.9. The van der Waals surface area contributed by atoms with E-state index in [0.717, 1.165) is 15.8 Å². The highest BCUT2D eigenvalue weighted by Gasteiger charge is 2.20. The molecule has 0 aliphatic carbocycles. The minimum absolute atomic E-state index is 0.110. The Kier molecular flexibility index (Phi) is 5.17. The molecule has 7 nitrogen and oxygen atoms in total. The van der Waals surface area contributed by atoms with Gasteiger partial charge in [-0.3, -0.25) is 19.9 Å². The second kappa shape index (κ2) is 7.32. The van der Waals surface area contributed by atoms with Crippen LogP contribution in [0.4, 0.5) is 5.69 Å². The number of hydrogen-bond acceptors (Lipinski definition) is 8. The SMILES string of the molecule is Cc1csc(Sc2ccc(C(=O)NC3=NCCS3)cc2[N+](=O)[O-])n1. The van der Waals surface area contributed by atoms with Crippen LogP contribution >= 0.6 is 34.9 Å². The lowest BCUT2D eigenvalue weighted by Gasteiger charge is -2.06. The third kappa shape index (κ3) is 3.94. The molecule has 0 radical (unpaired) electrons. The van der Waals surface area contributed by atoms with Gasteiger partial charge in [-0.1, -0.05) is 23.5 Å². The molecule has 3 rings (SSSR count). The van der Waals surface area contributed by atoms with Crippen molar-refractivity contribution in [3.8, 4) is 0 Å². The van der Waals surface area contributed by atoms with E-state index in [-0.39, 0.29) is 11.3 Å². The molecular formula is C14H12N4O3S3. The fourth-order valence-electron chi connectivity index (χ4n) is 1.94. The number of amides is 1. The molecule has 10 heteroatoms. The van der Waals surface area contributed by atoms with Gasteiger partial charge in [0, 0.05) is 28.5 Å². The Bertz CT molecular complexity index is 834. The van der Waals surface area contributed by atoms with Gasteiger partial charge in [0.1, 0.15) is 0 Å². The van der Waals surface area contributed by atoms with E-state index in [2.05, 4.69) is 15.3 Å². The first-order valence-electron chi connectivity index (χ1n) is 6.90. The minimum Gasteiger partial charge on any atom is -0.301 e. The minimum atomic E-state index is -0.485. The maximum Gasteiger partial charge on any atom is 0.284 e. The first-order valence-corrected chi connectivity index (χ1v) is 9.58. The highest BCUT2D eigenvalue weighted by molar-refractivity contribution is 8.14. The summed E-state index contributed by atoms with van der Waals surface area (Å²) in [5.41, 5.74) is 0.995. The van der Waals surface area contributed by atoms with Crippen LogP contribution in [0.15, 0.2) is 37.8 Å². The molecular weight excluding hydrogens is 368 g/mol. The predicted molar refractivity (Wildman–Crippen MR) is 96.3 cm³/mol. The Morgan fingerprint density at radius 1 is 1.46 bits per heavy atom. The number of benzene rings is 1. The highest BCUT2D eigenvalue weighted by atomic mass is 32.2. The molecule has 0 spiro atoms. The summed E-state index contributed by atoms with van der Waals surface area (Å²) in [5, 5.41) is 16.5. The summed E-state index contributed by atoms with van der Waals surface area (Å²) >= 11 is 4.11. The maximum absolute atomic E-state index is 12.2. The Balaban J connectivity index is 1.83. The van der Waals surface area contributed by atoms with Gasteiger partial charge in [0.05, 0.1) is 16.4 Å². The van der Waals surface area contributed by atoms with E-state index in [4.69, 9.17) is 0 Å². The van der Waals surface area contributed by atoms with Crippen LogP contribution in [0.1, 0.15) is 16.1 Å². The number of rotatable bonds is 4. The van der Waals surface area contributed by atoms with Crippen LogP contribution < -0.4 is 5.32 Å². The zero-order chi connectivity index (χ0) is 17.1. The van der Waals surface area contributed by atoms with Crippen molar-refractivity contribution in [2.45, 2.75) is 16.2 Å². The number of carbonyl (C=O) groups excluding carboxylic acids is 1. The molecule has 2 aromatic rings. The van der Waals surface area contributed by atoms with Crippen molar-refractivity contribution in [3.05, 3.63) is 45.0 Å². The van der Waals surface area contributed by atoms with Crippen LogP contribution in [0.2, 0.25) is 0 Å². The monoisotopic (exact) mass is 380 g/mol. The summed E-state index contributed by atoms with van der Waals surface area (Å²) in [6.07, 6.45) is 0. The summed E-state index contributed by atoms with van der Waals surface area (Å²) in [5.74, 6) is 0.436. The molecule has 0 saturated carbocycles. The molecule has 1 aromatic carbocycles. The number of nitrogens with zero attached hydrogens (tertiary/aromatic N) is 3. The number of amidine groups is 1. The number of carbonyl (C=O) groups is 1. The van der Waals surface area contributed by atoms with E-state index in [9.17, 15) is 14.9 Å². The van der Waals surface area contributed by atoms with Crippen LogP contribution in [-0.4, -0.2) is 33.3 Å². The number of nitrogens with one attached hydrogen (secondary N) is 1. The zero-order valence-corrected chi connectivity index (χ0v) is 15.0. The van der Waals surface area contributed by atoms with Crippen LogP contribution in [0.5, 0.6) is 0 Å². The van der Waals surface area contributed by atoms with Gasteiger partial charge >= 0.3 is 0 Å². The summed E-state index contributed by atoms with van der Waals surface area (Å²) in [6.45, 7) is 2.54. The average Bonchev–Trinajstić information content (AvgIpc) is 3.19. The summed E-state index contributed by atoms with van der Waals surface area (Å²) in [6, 6.07) is 4.45. The van der Waals surface area contributed by atoms with E-state index < -0.39 is 10.8 Å². The molecule has 0 unspecified atom stereocenters. The average molecular weight is 380 g/mol. The normalized spacial score (nSPS) is 13.6. The third-order valence-electron chi connectivity index (χ3n) is 3.02. The lowest BCUT2D eigenvalue weighted by atomic mass is 10.2. The fraction of sp³-hybridized carbons (Fsp3) is 0.214. The Hall–Kier alpha value is -1.91. The number of nitro benzene ring substituents is 1. The van der Waals surface area contributed by atoms with Crippen molar-refractivity contribution >= 4 is 51.6 Å². The van der Waals surface area contributed by atoms with E-state index >= 15 is 0 Å². The topological polar surface area (TPSA) is 97.5 Å². The van der Waals surface area contributed by atoms with Crippen molar-refractivity contribution < 1.29 is 9.72 Å². The quantitative estimate of drug-likeness (QED) is 0.645. The molecule has 1 aliphatic rings. The van der Waals surface area contributed by atoms with Crippen LogP contribution in [0.25, 0.3) is 0 Å². The molecule has 0 bridgehead atoms. The molecule has 24 heavy (non-hydrogen) atoms. The molecule has 124 valence electrons. The zero-order valence-electron chi connectivity index (χ0n) is 12.5. The second-order valence-corrected chi connectivity index (χ2v) is 8.02. The van der Waals surface area contributed by atoms with Crippen molar-refractivity contribution in [2.75, 3.05) is 12.3 Å². The smallest absolute Gasteiger partial charge is 0.284 e. The number of hydrogen-bond donors (Lipinski definition) is 1. The molecule has 1 amide bonds. The summed E-state index contributed by atoms with van der Waals surface area (Å²) in [7, 11) is 0. The number of thiazole rings is 1. The number of aromatic nitrogens is 1. The summed E-state index contributed by atoms with van der Waals surface area (Å²) < 4.78 is 0.726. The highest BCUT2D eigenvalue weighted by Crippen LogP contribution is 2.36. The maximum atomic E-state index is 12.2. The molecule has 0 atom stereocenters. The van der Waals surface area contributed by atoms with Gasteiger partial charge in [-0.05, 0) is 19.1 Å². The standard InChI is InChI=1S/C14H12N4O3S3/c1-8-7-23-14(16-8)24-11-3-2-9(6-10(11)18(20)21)12(19)17-13-15-4-5-22-13/h2-3,6-7H,4-5H2,1H3,(H,15,17,19). The molecule has 1 N–H and O–H groups in total. The van der Waals surface area contributed by atoms with Crippen molar-refractivity contribution in [2.24, 2.45) is 4.99 Å². The number of aliphatic imine (C=N–C) groups is 1. The number of nitro groups is 1. The van der Waals surface area contributed by atoms with Gasteiger partial charge in [0.2, 0.25) is 0 Å². The molecule has 0 saturated heterocycles. The largest absolute Gasteiger partial charge is 0.301 e. The van der Waals surface area contributed by atoms with Gasteiger partial charge in [-0.25, -0.2) is 4.98 Å². The number of aryl methyl sites for hydroxylation is 1. The van der Waals surface area contributed by atoms with Gasteiger partial charge in [0.15, 0.2) is 9.51 Å². The van der Waals surface area contributed by atoms with E-state index in [1.807, 2.05) is 12.3 Å². The lowest BCUT2D eigenvalue weighted by molar-refractivity contribution is -0.387. The van der Waals surface area contributed by atoms with Gasteiger partial charge < -0.3 is 5.32 Å². The fourth-order valence-corrected chi connectivity index (χ4v) is 4.54. The van der Waals surface area contributed by atoms with E-state index in [1.54, 1.807) is 12.1 Å². The first-order chi connectivity index (χ1) is 11.5.